The van der Waals surface area contributed by atoms with Gasteiger partial charge in [0.2, 0.25) is 0 Å². The van der Waals surface area contributed by atoms with Crippen LogP contribution in [-0.4, -0.2) is 40.6 Å². The van der Waals surface area contributed by atoms with Crippen LogP contribution >= 0.6 is 11.6 Å². The highest BCUT2D eigenvalue weighted by Gasteiger charge is 2.17. The van der Waals surface area contributed by atoms with E-state index in [-0.39, 0.29) is 18.6 Å². The van der Waals surface area contributed by atoms with Crippen molar-refractivity contribution in [2.75, 3.05) is 13.7 Å². The van der Waals surface area contributed by atoms with Crippen LogP contribution in [0.3, 0.4) is 0 Å². The minimum atomic E-state index is -0.239. The van der Waals surface area contributed by atoms with Crippen molar-refractivity contribution in [3.8, 4) is 11.1 Å². The predicted molar refractivity (Wildman–Crippen MR) is 83.3 cm³/mol. The molecular weight excluding hydrogens is 288 g/mol. The van der Waals surface area contributed by atoms with Gasteiger partial charge in [-0.1, -0.05) is 23.7 Å². The molecule has 1 N–H and O–H groups in total. The van der Waals surface area contributed by atoms with Crippen LogP contribution in [0.2, 0.25) is 5.02 Å². The summed E-state index contributed by atoms with van der Waals surface area (Å²) in [6.07, 6.45) is 3.23. The largest absolute Gasteiger partial charge is 0.394 e. The van der Waals surface area contributed by atoms with E-state index in [1.54, 1.807) is 38.4 Å². The average Bonchev–Trinajstić information content (AvgIpc) is 2.53. The molecule has 5 heteroatoms. The summed E-state index contributed by atoms with van der Waals surface area (Å²) in [5.74, 6) is -0.167. The van der Waals surface area contributed by atoms with E-state index in [1.807, 2.05) is 12.1 Å². The molecule has 2 rings (SSSR count). The summed E-state index contributed by atoms with van der Waals surface area (Å²) >= 11 is 5.87. The van der Waals surface area contributed by atoms with Gasteiger partial charge >= 0.3 is 0 Å². The molecule has 0 fully saturated rings. The number of rotatable bonds is 4. The van der Waals surface area contributed by atoms with Crippen LogP contribution in [0.25, 0.3) is 11.1 Å². The number of hydrogen-bond acceptors (Lipinski definition) is 3. The van der Waals surface area contributed by atoms with E-state index in [4.69, 9.17) is 16.7 Å². The maximum atomic E-state index is 12.3. The highest BCUT2D eigenvalue weighted by atomic mass is 35.5. The molecule has 1 aromatic heterocycles. The van der Waals surface area contributed by atoms with Gasteiger partial charge in [-0.2, -0.15) is 0 Å². The molecule has 0 bridgehead atoms. The van der Waals surface area contributed by atoms with Gasteiger partial charge in [0, 0.05) is 30.0 Å². The maximum absolute atomic E-state index is 12.3. The first-order valence-corrected chi connectivity index (χ1v) is 6.99. The Balaban J connectivity index is 2.29. The van der Waals surface area contributed by atoms with Gasteiger partial charge in [-0.05, 0) is 30.7 Å². The van der Waals surface area contributed by atoms with Crippen LogP contribution in [0.5, 0.6) is 0 Å². The topological polar surface area (TPSA) is 53.4 Å². The molecule has 1 atom stereocenters. The highest BCUT2D eigenvalue weighted by Crippen LogP contribution is 2.22. The fourth-order valence-corrected chi connectivity index (χ4v) is 2.01. The van der Waals surface area contributed by atoms with E-state index in [9.17, 15) is 4.79 Å². The lowest BCUT2D eigenvalue weighted by Gasteiger charge is -2.23. The van der Waals surface area contributed by atoms with E-state index in [1.165, 1.54) is 11.1 Å². The van der Waals surface area contributed by atoms with Crippen molar-refractivity contribution in [2.24, 2.45) is 0 Å². The van der Waals surface area contributed by atoms with Gasteiger partial charge < -0.3 is 10.0 Å². The third-order valence-electron chi connectivity index (χ3n) is 3.41. The van der Waals surface area contributed by atoms with Gasteiger partial charge in [0.15, 0.2) is 0 Å². The van der Waals surface area contributed by atoms with Crippen LogP contribution in [-0.2, 0) is 0 Å². The first kappa shape index (κ1) is 15.5. The molecule has 0 aliphatic heterocycles. The number of halogens is 1. The Morgan fingerprint density at radius 3 is 2.57 bits per heavy atom. The number of aliphatic hydroxyl groups excluding tert-OH is 1. The van der Waals surface area contributed by atoms with E-state index >= 15 is 0 Å². The molecule has 0 saturated heterocycles. The number of nitrogens with zero attached hydrogens (tertiary/aromatic N) is 2. The second-order valence-electron chi connectivity index (χ2n) is 4.92. The Labute approximate surface area is 129 Å². The number of aromatic nitrogens is 1. The van der Waals surface area contributed by atoms with Crippen molar-refractivity contribution < 1.29 is 9.90 Å². The fourth-order valence-electron chi connectivity index (χ4n) is 1.88. The lowest BCUT2D eigenvalue weighted by molar-refractivity contribution is 0.0682. The molecule has 1 amide bonds. The van der Waals surface area contributed by atoms with Gasteiger partial charge in [0.1, 0.15) is 0 Å². The van der Waals surface area contributed by atoms with E-state index < -0.39 is 0 Å². The van der Waals surface area contributed by atoms with E-state index in [0.717, 1.165) is 11.1 Å². The maximum Gasteiger partial charge on any atom is 0.255 e. The van der Waals surface area contributed by atoms with Crippen molar-refractivity contribution in [3.05, 3.63) is 53.3 Å². The van der Waals surface area contributed by atoms with Crippen molar-refractivity contribution in [2.45, 2.75) is 13.0 Å². The molecular formula is C16H17ClN2O2. The zero-order valence-electron chi connectivity index (χ0n) is 12.0. The zero-order valence-corrected chi connectivity index (χ0v) is 12.7. The lowest BCUT2D eigenvalue weighted by Crippen LogP contribution is -2.37. The normalized spacial score (nSPS) is 12.0. The van der Waals surface area contributed by atoms with Crippen molar-refractivity contribution in [3.63, 3.8) is 0 Å². The second kappa shape index (κ2) is 6.70. The molecule has 0 aliphatic carbocycles. The number of likely N-dealkylation sites (N-methyl/N-ethyl adjacent to an activating group) is 1. The van der Waals surface area contributed by atoms with E-state index in [2.05, 4.69) is 4.98 Å². The minimum absolute atomic E-state index is 0.0768. The molecule has 1 aromatic carbocycles. The molecule has 0 saturated carbocycles. The van der Waals surface area contributed by atoms with Crippen LogP contribution in [0, 0.1) is 0 Å². The average molecular weight is 305 g/mol. The van der Waals surface area contributed by atoms with Gasteiger partial charge in [0.25, 0.3) is 5.91 Å². The Kier molecular flexibility index (Phi) is 4.94. The van der Waals surface area contributed by atoms with Crippen LogP contribution < -0.4 is 0 Å². The number of benzene rings is 1. The quantitative estimate of drug-likeness (QED) is 0.945. The van der Waals surface area contributed by atoms with Gasteiger partial charge in [-0.25, -0.2) is 0 Å². The van der Waals surface area contributed by atoms with Crippen LogP contribution in [0.15, 0.2) is 42.7 Å². The highest BCUT2D eigenvalue weighted by molar-refractivity contribution is 6.30. The van der Waals surface area contributed by atoms with Gasteiger partial charge in [-0.15, -0.1) is 0 Å². The molecule has 0 radical (unpaired) electrons. The van der Waals surface area contributed by atoms with Gasteiger partial charge in [-0.3, -0.25) is 9.78 Å². The standard InChI is InChI=1S/C16H17ClN2O2/c1-11(10-20)19(2)16(21)14-7-13(8-18-9-14)12-3-5-15(17)6-4-12/h3-9,11,20H,10H2,1-2H3. The van der Waals surface area contributed by atoms with Crippen molar-refractivity contribution in [1.82, 2.24) is 9.88 Å². The lowest BCUT2D eigenvalue weighted by atomic mass is 10.1. The van der Waals surface area contributed by atoms with Gasteiger partial charge in [0.05, 0.1) is 18.2 Å². The minimum Gasteiger partial charge on any atom is -0.394 e. The number of amides is 1. The third kappa shape index (κ3) is 3.60. The summed E-state index contributed by atoms with van der Waals surface area (Å²) in [5, 5.41) is 9.80. The third-order valence-corrected chi connectivity index (χ3v) is 3.66. The molecule has 0 aliphatic rings. The Morgan fingerprint density at radius 1 is 1.29 bits per heavy atom. The van der Waals surface area contributed by atoms with Crippen molar-refractivity contribution >= 4 is 17.5 Å². The predicted octanol–water partition coefficient (Wildman–Crippen LogP) is 2.85. The summed E-state index contributed by atoms with van der Waals surface area (Å²) in [6.45, 7) is 1.71. The first-order valence-electron chi connectivity index (χ1n) is 6.62. The zero-order chi connectivity index (χ0) is 15.4. The molecule has 21 heavy (non-hydrogen) atoms. The van der Waals surface area contributed by atoms with Crippen LogP contribution in [0.4, 0.5) is 0 Å². The molecule has 0 spiro atoms. The fraction of sp³-hybridized carbons (Fsp3) is 0.250. The number of hydrogen-bond donors (Lipinski definition) is 1. The number of aliphatic hydroxyl groups is 1. The summed E-state index contributed by atoms with van der Waals surface area (Å²) in [4.78, 5) is 18.0. The molecule has 4 nitrogen and oxygen atoms in total. The first-order chi connectivity index (χ1) is 10.0. The number of carbonyl (C=O) groups is 1. The summed E-state index contributed by atoms with van der Waals surface area (Å²) < 4.78 is 0. The monoisotopic (exact) mass is 304 g/mol. The smallest absolute Gasteiger partial charge is 0.255 e. The summed E-state index contributed by atoms with van der Waals surface area (Å²) in [5.41, 5.74) is 2.28. The number of carbonyl (C=O) groups excluding carboxylic acids is 1. The Hall–Kier alpha value is -1.91. The second-order valence-corrected chi connectivity index (χ2v) is 5.35. The molecule has 110 valence electrons. The van der Waals surface area contributed by atoms with Crippen molar-refractivity contribution in [1.29, 1.82) is 0 Å². The summed E-state index contributed by atoms with van der Waals surface area (Å²) in [6, 6.07) is 8.91. The Bertz CT molecular complexity index is 628. The summed E-state index contributed by atoms with van der Waals surface area (Å²) in [7, 11) is 1.66. The Morgan fingerprint density at radius 2 is 1.95 bits per heavy atom. The SMILES string of the molecule is CC(CO)N(C)C(=O)c1cncc(-c2ccc(Cl)cc2)c1. The van der Waals surface area contributed by atoms with E-state index in [0.29, 0.717) is 10.6 Å². The number of pyridine rings is 1. The molecule has 1 heterocycles. The van der Waals surface area contributed by atoms with Crippen LogP contribution in [0.1, 0.15) is 17.3 Å². The molecule has 1 unspecified atom stereocenters. The molecule has 2 aromatic rings.